The van der Waals surface area contributed by atoms with Crippen LogP contribution in [-0.2, 0) is 16.0 Å². The number of hydrogen-bond acceptors (Lipinski definition) is 6. The minimum Gasteiger partial charge on any atom is -0.342 e. The zero-order valence-corrected chi connectivity index (χ0v) is 24.4. The van der Waals surface area contributed by atoms with E-state index in [1.807, 2.05) is 4.90 Å². The summed E-state index contributed by atoms with van der Waals surface area (Å²) in [7, 11) is 8.25. The van der Waals surface area contributed by atoms with Crippen LogP contribution in [0.5, 0.6) is 0 Å². The Morgan fingerprint density at radius 2 is 1.51 bits per heavy atom. The van der Waals surface area contributed by atoms with Crippen molar-refractivity contribution in [1.29, 1.82) is 0 Å². The fourth-order valence-corrected chi connectivity index (χ4v) is 4.64. The summed E-state index contributed by atoms with van der Waals surface area (Å²) in [5.41, 5.74) is 14.4. The number of carbonyl (C=O) groups excluding carboxylic acids is 2. The number of unbranched alkanes of at least 4 members (excludes halogenated alkanes) is 3. The fraction of sp³-hybridized carbons (Fsp3) is 0.724. The monoisotopic (exact) mass is 518 g/mol. The lowest BCUT2D eigenvalue weighted by molar-refractivity contribution is -0.130. The SMILES string of the molecule is CCCCCCC(CC(=O)NC(N)N)c1ccc(CC(=O)N(CCCN(C)C)CCCN(C)C)c(C)c1. The number of nitrogens with zero attached hydrogens (tertiary/aromatic N) is 3. The molecule has 0 fully saturated rings. The Balaban J connectivity index is 2.94. The normalized spacial score (nSPS) is 12.4. The zero-order chi connectivity index (χ0) is 27.8. The molecule has 0 radical (unpaired) electrons. The molecule has 5 N–H and O–H groups in total. The van der Waals surface area contributed by atoms with E-state index >= 15 is 0 Å². The molecule has 2 amide bonds. The molecule has 0 bridgehead atoms. The molecule has 8 nitrogen and oxygen atoms in total. The van der Waals surface area contributed by atoms with Gasteiger partial charge in [0.1, 0.15) is 6.29 Å². The van der Waals surface area contributed by atoms with E-state index in [2.05, 4.69) is 75.4 Å². The smallest absolute Gasteiger partial charge is 0.227 e. The average molecular weight is 519 g/mol. The molecule has 1 atom stereocenters. The van der Waals surface area contributed by atoms with Crippen LogP contribution in [0.15, 0.2) is 18.2 Å². The first-order chi connectivity index (χ1) is 17.5. The molecule has 212 valence electrons. The molecule has 1 aromatic carbocycles. The average Bonchev–Trinajstić information content (AvgIpc) is 2.80. The van der Waals surface area contributed by atoms with Crippen molar-refractivity contribution in [3.63, 3.8) is 0 Å². The van der Waals surface area contributed by atoms with Gasteiger partial charge >= 0.3 is 0 Å². The number of carbonyl (C=O) groups is 2. The van der Waals surface area contributed by atoms with Crippen molar-refractivity contribution in [3.8, 4) is 0 Å². The van der Waals surface area contributed by atoms with Crippen LogP contribution >= 0.6 is 0 Å². The topological polar surface area (TPSA) is 108 Å². The minimum absolute atomic E-state index is 0.104. The highest BCUT2D eigenvalue weighted by molar-refractivity contribution is 5.79. The van der Waals surface area contributed by atoms with Crippen LogP contribution in [0.4, 0.5) is 0 Å². The summed E-state index contributed by atoms with van der Waals surface area (Å²) in [5.74, 6) is 0.159. The maximum atomic E-state index is 13.3. The summed E-state index contributed by atoms with van der Waals surface area (Å²) in [4.78, 5) is 32.1. The summed E-state index contributed by atoms with van der Waals surface area (Å²) >= 11 is 0. The quantitative estimate of drug-likeness (QED) is 0.192. The van der Waals surface area contributed by atoms with Crippen LogP contribution in [0.3, 0.4) is 0 Å². The summed E-state index contributed by atoms with van der Waals surface area (Å²) < 4.78 is 0. The van der Waals surface area contributed by atoms with Crippen molar-refractivity contribution in [2.45, 2.75) is 83.8 Å². The van der Waals surface area contributed by atoms with E-state index in [-0.39, 0.29) is 17.7 Å². The summed E-state index contributed by atoms with van der Waals surface area (Å²) in [6, 6.07) is 6.33. The highest BCUT2D eigenvalue weighted by atomic mass is 16.2. The Morgan fingerprint density at radius 1 is 0.892 bits per heavy atom. The Bertz CT molecular complexity index is 783. The van der Waals surface area contributed by atoms with E-state index in [4.69, 9.17) is 11.5 Å². The number of rotatable bonds is 19. The van der Waals surface area contributed by atoms with Crippen LogP contribution in [0.2, 0.25) is 0 Å². The third-order valence-corrected chi connectivity index (χ3v) is 6.76. The van der Waals surface area contributed by atoms with E-state index in [9.17, 15) is 9.59 Å². The molecule has 0 aliphatic rings. The summed E-state index contributed by atoms with van der Waals surface area (Å²) in [6.45, 7) is 7.75. The third-order valence-electron chi connectivity index (χ3n) is 6.76. The van der Waals surface area contributed by atoms with Crippen LogP contribution < -0.4 is 16.8 Å². The van der Waals surface area contributed by atoms with Gasteiger partial charge in [-0.25, -0.2) is 0 Å². The van der Waals surface area contributed by atoms with Crippen LogP contribution in [0, 0.1) is 6.92 Å². The lowest BCUT2D eigenvalue weighted by atomic mass is 9.87. The number of nitrogens with two attached hydrogens (primary N) is 2. The number of benzene rings is 1. The minimum atomic E-state index is -0.846. The van der Waals surface area contributed by atoms with Crippen molar-refractivity contribution >= 4 is 11.8 Å². The van der Waals surface area contributed by atoms with Crippen molar-refractivity contribution in [2.24, 2.45) is 11.5 Å². The Hall–Kier alpha value is -2.00. The standard InChI is InChI=1S/C29H54N6O2/c1-7-8-9-10-13-25(21-27(36)32-29(30)31)26-15-14-24(23(2)20-26)22-28(37)35(18-11-16-33(3)4)19-12-17-34(5)6/h14-15,20,25,29H,7-13,16-19,21-22,30-31H2,1-6H3,(H,32,36). The molecule has 0 aliphatic heterocycles. The molecule has 8 heteroatoms. The van der Waals surface area contributed by atoms with E-state index in [1.165, 1.54) is 12.8 Å². The Morgan fingerprint density at radius 3 is 2.03 bits per heavy atom. The van der Waals surface area contributed by atoms with Gasteiger partial charge in [-0.3, -0.25) is 21.1 Å². The first-order valence-corrected chi connectivity index (χ1v) is 14.0. The van der Waals surface area contributed by atoms with Crippen molar-refractivity contribution in [1.82, 2.24) is 20.0 Å². The van der Waals surface area contributed by atoms with Gasteiger partial charge in [-0.15, -0.1) is 0 Å². The van der Waals surface area contributed by atoms with Gasteiger partial charge in [-0.2, -0.15) is 0 Å². The lowest BCUT2D eigenvalue weighted by Gasteiger charge is -2.25. The van der Waals surface area contributed by atoms with E-state index in [0.29, 0.717) is 12.8 Å². The van der Waals surface area contributed by atoms with E-state index in [1.54, 1.807) is 0 Å². The third kappa shape index (κ3) is 14.5. The molecule has 0 aromatic heterocycles. The first-order valence-electron chi connectivity index (χ1n) is 14.0. The number of nitrogens with one attached hydrogen (secondary N) is 1. The Labute approximate surface area is 226 Å². The van der Waals surface area contributed by atoms with Gasteiger partial charge in [0, 0.05) is 19.5 Å². The van der Waals surface area contributed by atoms with Gasteiger partial charge in [0.05, 0.1) is 6.42 Å². The second-order valence-corrected chi connectivity index (χ2v) is 10.9. The summed E-state index contributed by atoms with van der Waals surface area (Å²) in [5, 5.41) is 2.62. The molecule has 37 heavy (non-hydrogen) atoms. The highest BCUT2D eigenvalue weighted by Crippen LogP contribution is 2.28. The lowest BCUT2D eigenvalue weighted by Crippen LogP contribution is -2.48. The molecular weight excluding hydrogens is 464 g/mol. The van der Waals surface area contributed by atoms with Gasteiger partial charge in [0.2, 0.25) is 11.8 Å². The van der Waals surface area contributed by atoms with Crippen molar-refractivity contribution < 1.29 is 9.59 Å². The predicted molar refractivity (Wildman–Crippen MR) is 154 cm³/mol. The van der Waals surface area contributed by atoms with Crippen LogP contribution in [-0.4, -0.2) is 87.2 Å². The highest BCUT2D eigenvalue weighted by Gasteiger charge is 2.19. The maximum Gasteiger partial charge on any atom is 0.227 e. The maximum absolute atomic E-state index is 13.3. The van der Waals surface area contributed by atoms with E-state index in [0.717, 1.165) is 75.0 Å². The van der Waals surface area contributed by atoms with Gasteiger partial charge in [-0.1, -0.05) is 50.8 Å². The van der Waals surface area contributed by atoms with Gasteiger partial charge < -0.3 is 20.0 Å². The first kappa shape index (κ1) is 33.0. The molecule has 0 saturated heterocycles. The van der Waals surface area contributed by atoms with Crippen molar-refractivity contribution in [2.75, 3.05) is 54.4 Å². The van der Waals surface area contributed by atoms with E-state index < -0.39 is 6.29 Å². The molecule has 0 saturated carbocycles. The van der Waals surface area contributed by atoms with Crippen LogP contribution in [0.1, 0.15) is 80.9 Å². The second kappa shape index (κ2) is 18.3. The van der Waals surface area contributed by atoms with Crippen molar-refractivity contribution in [3.05, 3.63) is 34.9 Å². The largest absolute Gasteiger partial charge is 0.342 e. The number of aryl methyl sites for hydroxylation is 1. The van der Waals surface area contributed by atoms with Crippen LogP contribution in [0.25, 0.3) is 0 Å². The number of amides is 2. The van der Waals surface area contributed by atoms with Gasteiger partial charge in [-0.05, 0) is 90.1 Å². The molecular formula is C29H54N6O2. The molecule has 1 unspecified atom stereocenters. The molecule has 0 heterocycles. The number of hydrogen-bond donors (Lipinski definition) is 3. The zero-order valence-electron chi connectivity index (χ0n) is 24.4. The van der Waals surface area contributed by atoms with Gasteiger partial charge in [0.15, 0.2) is 0 Å². The second-order valence-electron chi connectivity index (χ2n) is 10.9. The predicted octanol–water partition coefficient (Wildman–Crippen LogP) is 3.03. The van der Waals surface area contributed by atoms with Gasteiger partial charge in [0.25, 0.3) is 0 Å². The fourth-order valence-electron chi connectivity index (χ4n) is 4.64. The molecule has 1 aromatic rings. The molecule has 0 spiro atoms. The Kier molecular flexibility index (Phi) is 16.3. The molecule has 1 rings (SSSR count). The molecule has 0 aliphatic carbocycles. The summed E-state index contributed by atoms with van der Waals surface area (Å²) in [6.07, 6.45) is 7.41.